The van der Waals surface area contributed by atoms with Crippen molar-refractivity contribution in [3.05, 3.63) is 29.3 Å². The maximum absolute atomic E-state index is 13.1. The lowest BCUT2D eigenvalue weighted by Gasteiger charge is -2.32. The van der Waals surface area contributed by atoms with E-state index in [-0.39, 0.29) is 28.8 Å². The van der Waals surface area contributed by atoms with Crippen LogP contribution in [-0.2, 0) is 4.74 Å². The molecule has 1 aromatic rings. The number of pyridine rings is 1. The van der Waals surface area contributed by atoms with Crippen LogP contribution in [-0.4, -0.2) is 34.2 Å². The van der Waals surface area contributed by atoms with Crippen LogP contribution < -0.4 is 0 Å². The Hall–Kier alpha value is -2.60. The maximum Gasteiger partial charge on any atom is 0.410 e. The monoisotopic (exact) mass is 327 g/mol. The molecule has 0 N–H and O–H groups in total. The van der Waals surface area contributed by atoms with Gasteiger partial charge in [0, 0.05) is 12.6 Å². The summed E-state index contributed by atoms with van der Waals surface area (Å²) in [6, 6.07) is 3.18. The summed E-state index contributed by atoms with van der Waals surface area (Å²) in [6.07, 6.45) is 2.32. The van der Waals surface area contributed by atoms with E-state index in [1.807, 2.05) is 26.8 Å². The minimum absolute atomic E-state index is 0.122. The van der Waals surface area contributed by atoms with Gasteiger partial charge in [0.25, 0.3) is 0 Å². The summed E-state index contributed by atoms with van der Waals surface area (Å²) in [6.45, 7) is 6.03. The highest BCUT2D eigenvalue weighted by molar-refractivity contribution is 5.70. The van der Waals surface area contributed by atoms with Crippen molar-refractivity contribution in [1.29, 1.82) is 5.26 Å². The molecule has 0 unspecified atom stereocenters. The molecule has 6 heteroatoms. The Morgan fingerprint density at radius 3 is 2.83 bits per heavy atom. The quantitative estimate of drug-likeness (QED) is 0.687. The molecule has 3 heterocycles. The van der Waals surface area contributed by atoms with Crippen LogP contribution in [0.4, 0.5) is 9.18 Å². The summed E-state index contributed by atoms with van der Waals surface area (Å²) in [5.74, 6) is 5.48. The Labute approximate surface area is 140 Å². The summed E-state index contributed by atoms with van der Waals surface area (Å²) < 4.78 is 18.5. The largest absolute Gasteiger partial charge is 0.444 e. The Bertz CT molecular complexity index is 789. The van der Waals surface area contributed by atoms with Crippen molar-refractivity contribution in [1.82, 2.24) is 9.88 Å². The van der Waals surface area contributed by atoms with Gasteiger partial charge in [0.2, 0.25) is 0 Å². The average Bonchev–Trinajstić information content (AvgIpc) is 2.99. The summed E-state index contributed by atoms with van der Waals surface area (Å²) in [5.41, 5.74) is -0.406. The zero-order valence-electron chi connectivity index (χ0n) is 13.9. The summed E-state index contributed by atoms with van der Waals surface area (Å²) in [7, 11) is 0. The number of carbonyl (C=O) groups excluding carboxylic acids is 1. The zero-order chi connectivity index (χ0) is 17.5. The molecule has 1 saturated carbocycles. The van der Waals surface area contributed by atoms with Crippen LogP contribution in [0, 0.1) is 34.4 Å². The lowest BCUT2D eigenvalue weighted by atomic mass is 9.71. The fraction of sp³-hybridized carbons (Fsp3) is 0.500. The molecule has 1 amide bonds. The molecule has 2 bridgehead atoms. The highest BCUT2D eigenvalue weighted by Gasteiger charge is 2.56. The van der Waals surface area contributed by atoms with Crippen molar-refractivity contribution < 1.29 is 13.9 Å². The van der Waals surface area contributed by atoms with Crippen LogP contribution in [0.5, 0.6) is 0 Å². The molecule has 0 atom stereocenters. The van der Waals surface area contributed by atoms with Gasteiger partial charge in [0.15, 0.2) is 0 Å². The summed E-state index contributed by atoms with van der Waals surface area (Å²) in [4.78, 5) is 17.8. The highest BCUT2D eigenvalue weighted by atomic mass is 19.1. The van der Waals surface area contributed by atoms with E-state index in [1.54, 1.807) is 4.90 Å². The SMILES string of the molecule is CC(C)(C)OC(=O)N1CC2(C#Cc3ncc(F)cc3C#N)CC1C2. The van der Waals surface area contributed by atoms with Crippen LogP contribution >= 0.6 is 0 Å². The number of hydrogen-bond acceptors (Lipinski definition) is 4. The van der Waals surface area contributed by atoms with Crippen molar-refractivity contribution >= 4 is 6.09 Å². The molecule has 1 aromatic heterocycles. The minimum atomic E-state index is -0.559. The topological polar surface area (TPSA) is 66.2 Å². The van der Waals surface area contributed by atoms with Crippen LogP contribution in [0.1, 0.15) is 44.9 Å². The highest BCUT2D eigenvalue weighted by Crippen LogP contribution is 2.51. The molecule has 3 fully saturated rings. The molecule has 5 nitrogen and oxygen atoms in total. The molecule has 4 rings (SSSR count). The number of ether oxygens (including phenoxy) is 1. The number of carbonyl (C=O) groups is 1. The number of fused-ring (bicyclic) bond motifs is 1. The van der Waals surface area contributed by atoms with Crippen molar-refractivity contribution in [3.8, 4) is 17.9 Å². The van der Waals surface area contributed by atoms with Crippen LogP contribution in [0.3, 0.4) is 0 Å². The molecule has 2 saturated heterocycles. The molecule has 2 aliphatic heterocycles. The number of nitriles is 1. The standard InChI is InChI=1S/C18H18FN3O2/c1-17(2,3)24-16(23)22-11-18(7-14(22)8-18)5-4-15-12(9-20)6-13(19)10-21-15/h6,10,14H,7-8,11H2,1-3H3. The normalized spacial score (nSPS) is 24.5. The van der Waals surface area contributed by atoms with E-state index >= 15 is 0 Å². The second-order valence-electron chi connectivity index (χ2n) is 7.36. The molecule has 124 valence electrons. The van der Waals surface area contributed by atoms with Crippen molar-refractivity contribution in [2.45, 2.75) is 45.3 Å². The van der Waals surface area contributed by atoms with Gasteiger partial charge in [-0.25, -0.2) is 14.2 Å². The van der Waals surface area contributed by atoms with E-state index in [2.05, 4.69) is 16.8 Å². The third-order valence-corrected chi connectivity index (χ3v) is 4.22. The Balaban J connectivity index is 1.74. The third kappa shape index (κ3) is 3.05. The first-order valence-electron chi connectivity index (χ1n) is 7.80. The predicted molar refractivity (Wildman–Crippen MR) is 84.2 cm³/mol. The number of nitrogens with zero attached hydrogens (tertiary/aromatic N) is 3. The first kappa shape index (κ1) is 16.3. The number of rotatable bonds is 0. The Morgan fingerprint density at radius 1 is 1.50 bits per heavy atom. The van der Waals surface area contributed by atoms with Gasteiger partial charge in [0.1, 0.15) is 23.2 Å². The second kappa shape index (κ2) is 5.49. The minimum Gasteiger partial charge on any atom is -0.444 e. The van der Waals surface area contributed by atoms with Gasteiger partial charge < -0.3 is 9.64 Å². The van der Waals surface area contributed by atoms with E-state index < -0.39 is 11.4 Å². The molecule has 1 aliphatic carbocycles. The average molecular weight is 327 g/mol. The van der Waals surface area contributed by atoms with E-state index in [1.165, 1.54) is 0 Å². The molecule has 0 radical (unpaired) electrons. The molecule has 0 aromatic carbocycles. The zero-order valence-corrected chi connectivity index (χ0v) is 13.9. The van der Waals surface area contributed by atoms with Gasteiger partial charge in [-0.15, -0.1) is 0 Å². The fourth-order valence-electron chi connectivity index (χ4n) is 3.14. The van der Waals surface area contributed by atoms with Gasteiger partial charge in [-0.3, -0.25) is 0 Å². The fourth-order valence-corrected chi connectivity index (χ4v) is 3.14. The smallest absolute Gasteiger partial charge is 0.410 e. The molecule has 24 heavy (non-hydrogen) atoms. The number of amides is 1. The Morgan fingerprint density at radius 2 is 2.21 bits per heavy atom. The van der Waals surface area contributed by atoms with E-state index in [4.69, 9.17) is 10.00 Å². The van der Waals surface area contributed by atoms with Crippen LogP contribution in [0.15, 0.2) is 12.3 Å². The Kier molecular flexibility index (Phi) is 3.72. The lowest BCUT2D eigenvalue weighted by molar-refractivity contribution is 0.0245. The van der Waals surface area contributed by atoms with Crippen LogP contribution in [0.2, 0.25) is 0 Å². The van der Waals surface area contributed by atoms with Crippen molar-refractivity contribution in [3.63, 3.8) is 0 Å². The lowest BCUT2D eigenvalue weighted by Crippen LogP contribution is -2.39. The van der Waals surface area contributed by atoms with Crippen LogP contribution in [0.25, 0.3) is 0 Å². The van der Waals surface area contributed by atoms with E-state index in [9.17, 15) is 9.18 Å². The maximum atomic E-state index is 13.1. The molecular weight excluding hydrogens is 309 g/mol. The van der Waals surface area contributed by atoms with Gasteiger partial charge >= 0.3 is 6.09 Å². The van der Waals surface area contributed by atoms with Gasteiger partial charge in [-0.05, 0) is 45.6 Å². The summed E-state index contributed by atoms with van der Waals surface area (Å²) in [5, 5.41) is 9.04. The van der Waals surface area contributed by atoms with Gasteiger partial charge in [-0.2, -0.15) is 5.26 Å². The van der Waals surface area contributed by atoms with Crippen molar-refractivity contribution in [2.24, 2.45) is 5.41 Å². The molecular formula is C18H18FN3O2. The number of aromatic nitrogens is 1. The number of hydrogen-bond donors (Lipinski definition) is 0. The van der Waals surface area contributed by atoms with E-state index in [0.717, 1.165) is 25.1 Å². The third-order valence-electron chi connectivity index (χ3n) is 4.22. The molecule has 0 spiro atoms. The number of halogens is 1. The molecule has 3 aliphatic rings. The summed E-state index contributed by atoms with van der Waals surface area (Å²) >= 11 is 0. The van der Waals surface area contributed by atoms with Crippen molar-refractivity contribution in [2.75, 3.05) is 6.54 Å². The predicted octanol–water partition coefficient (Wildman–Crippen LogP) is 2.84. The van der Waals surface area contributed by atoms with Gasteiger partial charge in [0.05, 0.1) is 17.2 Å². The first-order chi connectivity index (χ1) is 11.2. The van der Waals surface area contributed by atoms with E-state index in [0.29, 0.717) is 6.54 Å². The second-order valence-corrected chi connectivity index (χ2v) is 7.36. The van der Waals surface area contributed by atoms with Gasteiger partial charge in [-0.1, -0.05) is 5.92 Å². The first-order valence-corrected chi connectivity index (χ1v) is 7.80.